The predicted octanol–water partition coefficient (Wildman–Crippen LogP) is 1.70. The maximum atomic E-state index is 13.5. The molecule has 0 spiro atoms. The molecular weight excluding hydrogens is 598 g/mol. The van der Waals surface area contributed by atoms with Crippen molar-refractivity contribution >= 4 is 31.6 Å². The molecule has 4 rings (SSSR count). The number of carbonyl (C=O) groups excluding carboxylic acids is 1. The van der Waals surface area contributed by atoms with Crippen LogP contribution in [0.1, 0.15) is 19.4 Å². The van der Waals surface area contributed by atoms with Crippen LogP contribution < -0.4 is 14.2 Å². The number of nitrogens with zero attached hydrogens (tertiary/aromatic N) is 4. The van der Waals surface area contributed by atoms with Gasteiger partial charge < -0.3 is 24.0 Å². The van der Waals surface area contributed by atoms with E-state index < -0.39 is 32.2 Å². The number of fused-ring (bicyclic) bond motifs is 1. The lowest BCUT2D eigenvalue weighted by molar-refractivity contribution is -0.134. The Morgan fingerprint density at radius 1 is 1.19 bits per heavy atom. The number of imidazole rings is 1. The van der Waals surface area contributed by atoms with Gasteiger partial charge in [0.15, 0.2) is 5.03 Å². The number of hydrogen-bond acceptors (Lipinski definition) is 9. The minimum Gasteiger partial charge on any atom is -0.497 e. The number of nitrogens with one attached hydrogen (secondary N) is 1. The quantitative estimate of drug-likeness (QED) is 0.338. The number of methoxy groups -OCH3 is 1. The molecule has 2 aromatic carbocycles. The first kappa shape index (κ1) is 32.3. The summed E-state index contributed by atoms with van der Waals surface area (Å²) in [7, 11) is -3.31. The van der Waals surface area contributed by atoms with Crippen molar-refractivity contribution in [3.63, 3.8) is 0 Å². The van der Waals surface area contributed by atoms with Gasteiger partial charge in [0, 0.05) is 44.0 Å². The average molecular weight is 636 g/mol. The van der Waals surface area contributed by atoms with Crippen molar-refractivity contribution in [2.45, 2.75) is 42.3 Å². The molecule has 3 atom stereocenters. The van der Waals surface area contributed by atoms with Crippen LogP contribution in [-0.4, -0.2) is 92.6 Å². The lowest BCUT2D eigenvalue weighted by atomic mass is 10.0. The van der Waals surface area contributed by atoms with Crippen molar-refractivity contribution in [1.82, 2.24) is 18.8 Å². The van der Waals surface area contributed by atoms with Crippen molar-refractivity contribution in [2.75, 3.05) is 38.6 Å². The van der Waals surface area contributed by atoms with E-state index in [4.69, 9.17) is 9.47 Å². The first-order chi connectivity index (χ1) is 20.2. The van der Waals surface area contributed by atoms with E-state index in [1.165, 1.54) is 72.5 Å². The summed E-state index contributed by atoms with van der Waals surface area (Å²) in [5.74, 6) is 0.192. The highest BCUT2D eigenvalue weighted by Crippen LogP contribution is 2.31. The second kappa shape index (κ2) is 12.9. The van der Waals surface area contributed by atoms with Gasteiger partial charge in [0.2, 0.25) is 5.91 Å². The van der Waals surface area contributed by atoms with E-state index in [1.54, 1.807) is 20.0 Å². The lowest BCUT2D eigenvalue weighted by Gasteiger charge is -2.33. The Morgan fingerprint density at radius 2 is 1.88 bits per heavy atom. The van der Waals surface area contributed by atoms with Gasteiger partial charge in [-0.05, 0) is 49.4 Å². The van der Waals surface area contributed by atoms with Crippen LogP contribution in [0.3, 0.4) is 0 Å². The van der Waals surface area contributed by atoms with E-state index in [0.717, 1.165) is 4.31 Å². The number of aliphatic hydroxyl groups excluding tert-OH is 1. The summed E-state index contributed by atoms with van der Waals surface area (Å²) in [5, 5.41) is 9.77. The Hall–Kier alpha value is -3.66. The summed E-state index contributed by atoms with van der Waals surface area (Å²) >= 11 is 0. The highest BCUT2D eigenvalue weighted by molar-refractivity contribution is 7.92. The molecule has 13 nitrogen and oxygen atoms in total. The van der Waals surface area contributed by atoms with Crippen LogP contribution in [0, 0.1) is 5.92 Å². The summed E-state index contributed by atoms with van der Waals surface area (Å²) < 4.78 is 69.3. The number of aliphatic hydroxyl groups is 1. The first-order valence-corrected chi connectivity index (χ1v) is 16.5. The Morgan fingerprint density at radius 3 is 2.49 bits per heavy atom. The summed E-state index contributed by atoms with van der Waals surface area (Å²) in [6, 6.07) is 10.0. The Bertz CT molecular complexity index is 1660. The number of benzene rings is 2. The van der Waals surface area contributed by atoms with Gasteiger partial charge in [0.1, 0.15) is 17.6 Å². The van der Waals surface area contributed by atoms with Crippen LogP contribution in [0.25, 0.3) is 0 Å². The normalized spacial score (nSPS) is 18.7. The van der Waals surface area contributed by atoms with Crippen LogP contribution in [0.2, 0.25) is 0 Å². The molecule has 0 saturated carbocycles. The van der Waals surface area contributed by atoms with Gasteiger partial charge in [-0.3, -0.25) is 9.52 Å². The molecule has 2 N–H and O–H groups in total. The first-order valence-electron chi connectivity index (χ1n) is 13.6. The largest absolute Gasteiger partial charge is 0.497 e. The number of anilines is 1. The standard InChI is InChI=1S/C28H37N5O8S2/c1-19-14-33(20(2)17-34)28(35)13-21-12-22(30-42(36,37)24-9-7-23(40-5)8-10-24)6-11-25(21)41-26(19)15-32(4)43(38,39)27-16-31(3)18-29-27/h6-12,16,18-20,26,30,34H,13-15,17H2,1-5H3/t19-,20-,26+/m0/s1. The van der Waals surface area contributed by atoms with Crippen LogP contribution in [0.5, 0.6) is 11.5 Å². The van der Waals surface area contributed by atoms with E-state index >= 15 is 0 Å². The number of amides is 1. The third-order valence-corrected chi connectivity index (χ3v) is 10.4. The average Bonchev–Trinajstić information content (AvgIpc) is 3.43. The number of ether oxygens (including phenoxy) is 2. The van der Waals surface area contributed by atoms with E-state index in [-0.39, 0.29) is 53.6 Å². The molecule has 1 aliphatic rings. The Labute approximate surface area is 252 Å². The molecule has 0 unspecified atom stereocenters. The molecule has 15 heteroatoms. The molecule has 1 aromatic heterocycles. The molecule has 0 aliphatic carbocycles. The van der Waals surface area contributed by atoms with Gasteiger partial charge >= 0.3 is 0 Å². The fourth-order valence-corrected chi connectivity index (χ4v) is 6.90. The fourth-order valence-electron chi connectivity index (χ4n) is 4.71. The zero-order chi connectivity index (χ0) is 31.5. The molecule has 0 fully saturated rings. The van der Waals surface area contributed by atoms with Crippen molar-refractivity contribution in [2.24, 2.45) is 13.0 Å². The number of aromatic nitrogens is 2. The monoisotopic (exact) mass is 635 g/mol. The van der Waals surface area contributed by atoms with Gasteiger partial charge in [-0.1, -0.05) is 6.92 Å². The number of hydrogen-bond donors (Lipinski definition) is 2. The summed E-state index contributed by atoms with van der Waals surface area (Å²) in [5.41, 5.74) is 0.621. The molecule has 3 aromatic rings. The third-order valence-electron chi connectivity index (χ3n) is 7.33. The molecule has 0 saturated heterocycles. The van der Waals surface area contributed by atoms with Crippen molar-refractivity contribution < 1.29 is 36.2 Å². The number of carbonyl (C=O) groups is 1. The summed E-state index contributed by atoms with van der Waals surface area (Å²) in [6.07, 6.45) is 1.98. The molecule has 234 valence electrons. The fraction of sp³-hybridized carbons (Fsp3) is 0.429. The minimum absolute atomic E-state index is 0.0261. The van der Waals surface area contributed by atoms with Crippen LogP contribution in [0.15, 0.2) is 64.9 Å². The van der Waals surface area contributed by atoms with E-state index in [0.29, 0.717) is 17.1 Å². The third kappa shape index (κ3) is 7.29. The highest BCUT2D eigenvalue weighted by Gasteiger charge is 2.34. The van der Waals surface area contributed by atoms with E-state index in [1.807, 2.05) is 6.92 Å². The molecule has 43 heavy (non-hydrogen) atoms. The maximum absolute atomic E-state index is 13.5. The lowest BCUT2D eigenvalue weighted by Crippen LogP contribution is -2.48. The number of sulfonamides is 2. The smallest absolute Gasteiger partial charge is 0.261 e. The number of rotatable bonds is 10. The number of aryl methyl sites for hydroxylation is 1. The molecular formula is C28H37N5O8S2. The Balaban J connectivity index is 1.67. The molecule has 2 heterocycles. The van der Waals surface area contributed by atoms with Crippen LogP contribution >= 0.6 is 0 Å². The zero-order valence-electron chi connectivity index (χ0n) is 24.7. The Kier molecular flexibility index (Phi) is 9.69. The van der Waals surface area contributed by atoms with Crippen LogP contribution in [0.4, 0.5) is 5.69 Å². The molecule has 1 amide bonds. The zero-order valence-corrected chi connectivity index (χ0v) is 26.3. The van der Waals surface area contributed by atoms with E-state index in [9.17, 15) is 26.7 Å². The van der Waals surface area contributed by atoms with Crippen molar-refractivity contribution in [3.05, 3.63) is 60.6 Å². The highest BCUT2D eigenvalue weighted by atomic mass is 32.2. The number of likely N-dealkylation sites (N-methyl/N-ethyl adjacent to an activating group) is 1. The molecule has 0 radical (unpaired) electrons. The minimum atomic E-state index is -3.96. The van der Waals surface area contributed by atoms with Gasteiger partial charge in [-0.15, -0.1) is 0 Å². The predicted molar refractivity (Wildman–Crippen MR) is 159 cm³/mol. The van der Waals surface area contributed by atoms with Gasteiger partial charge in [-0.25, -0.2) is 21.8 Å². The van der Waals surface area contributed by atoms with Gasteiger partial charge in [0.05, 0.1) is 43.9 Å². The second-order valence-corrected chi connectivity index (χ2v) is 14.3. The summed E-state index contributed by atoms with van der Waals surface area (Å²) in [4.78, 5) is 19.0. The van der Waals surface area contributed by atoms with Crippen molar-refractivity contribution in [1.29, 1.82) is 0 Å². The molecule has 1 aliphatic heterocycles. The van der Waals surface area contributed by atoms with Crippen molar-refractivity contribution in [3.8, 4) is 11.5 Å². The topological polar surface area (TPSA) is 160 Å². The van der Waals surface area contributed by atoms with Gasteiger partial charge in [-0.2, -0.15) is 4.31 Å². The van der Waals surface area contributed by atoms with Crippen LogP contribution in [-0.2, 0) is 38.3 Å². The van der Waals surface area contributed by atoms with Gasteiger partial charge in [0.25, 0.3) is 20.0 Å². The second-order valence-electron chi connectivity index (χ2n) is 10.7. The summed E-state index contributed by atoms with van der Waals surface area (Å²) in [6.45, 7) is 3.44. The molecule has 0 bridgehead atoms. The SMILES string of the molecule is COc1ccc(S(=O)(=O)Nc2ccc3c(c2)CC(=O)N([C@@H](C)CO)C[C@H](C)[C@@H](CN(C)S(=O)(=O)c2cn(C)cn2)O3)cc1. The maximum Gasteiger partial charge on any atom is 0.261 e. The van der Waals surface area contributed by atoms with E-state index in [2.05, 4.69) is 9.71 Å².